The highest BCUT2D eigenvalue weighted by atomic mass is 19.4. The largest absolute Gasteiger partial charge is 0.507 e. The van der Waals surface area contributed by atoms with Crippen LogP contribution in [0.15, 0.2) is 84.9 Å². The normalized spacial score (nSPS) is 12.0. The first kappa shape index (κ1) is 30.3. The highest BCUT2D eigenvalue weighted by Gasteiger charge is 2.30. The van der Waals surface area contributed by atoms with E-state index in [1.165, 1.54) is 17.7 Å². The first-order chi connectivity index (χ1) is 18.2. The van der Waals surface area contributed by atoms with Crippen molar-refractivity contribution < 1.29 is 27.9 Å². The van der Waals surface area contributed by atoms with Crippen molar-refractivity contribution in [2.75, 3.05) is 13.6 Å². The fourth-order valence-electron chi connectivity index (χ4n) is 3.78. The van der Waals surface area contributed by atoms with E-state index in [9.17, 15) is 27.9 Å². The molecule has 0 aliphatic heterocycles. The third-order valence-corrected chi connectivity index (χ3v) is 5.82. The molecule has 2 N–H and O–H groups in total. The molecule has 0 saturated heterocycles. The van der Waals surface area contributed by atoms with Gasteiger partial charge in [0.15, 0.2) is 0 Å². The number of hydrogen-bond acceptors (Lipinski definition) is 4. The van der Waals surface area contributed by atoms with E-state index < -0.39 is 11.7 Å². The molecule has 5 nitrogen and oxygen atoms in total. The second kappa shape index (κ2) is 16.0. The summed E-state index contributed by atoms with van der Waals surface area (Å²) in [6, 6.07) is 22.4. The summed E-state index contributed by atoms with van der Waals surface area (Å²) in [4.78, 5) is 22.6. The smallest absolute Gasteiger partial charge is 0.416 e. The van der Waals surface area contributed by atoms with Gasteiger partial charge < -0.3 is 15.2 Å². The fourth-order valence-corrected chi connectivity index (χ4v) is 3.78. The van der Waals surface area contributed by atoms with Gasteiger partial charge in [-0.3, -0.25) is 9.69 Å². The molecule has 0 heterocycles. The van der Waals surface area contributed by atoms with Crippen LogP contribution in [0.5, 0.6) is 5.75 Å². The summed E-state index contributed by atoms with van der Waals surface area (Å²) in [5.74, 6) is 0.236. The van der Waals surface area contributed by atoms with Crippen molar-refractivity contribution in [1.82, 2.24) is 10.2 Å². The number of carbonyl (C=O) groups excluding carboxylic acids is 2. The zero-order valence-corrected chi connectivity index (χ0v) is 21.3. The standard InChI is InChI=1S/C20H23F3N2O.C10H10O2/c1-25(14-17-8-5-9-18(12-17)20(21,22)23)19(13-24-15-26)11-10-16-6-3-2-4-7-16;11-8-4-3-6-9-5-1-2-7-10(9)12/h2-9,12,15,19H,10-11,13-14H2,1H3,(H,24,26);1-3,5-8,12H,4H2/b;6-3+/t19-;/m0./s1. The Balaban J connectivity index is 0.000000352. The number of likely N-dealkylation sites (N-methyl/N-ethyl adjacent to an activating group) is 1. The maximum Gasteiger partial charge on any atom is 0.416 e. The number of aldehydes is 1. The molecule has 38 heavy (non-hydrogen) atoms. The van der Waals surface area contributed by atoms with E-state index in [4.69, 9.17) is 0 Å². The zero-order valence-electron chi connectivity index (χ0n) is 21.3. The summed E-state index contributed by atoms with van der Waals surface area (Å²) in [5.41, 5.74) is 1.88. The van der Waals surface area contributed by atoms with Gasteiger partial charge in [0.05, 0.1) is 5.56 Å². The molecule has 3 rings (SSSR count). The van der Waals surface area contributed by atoms with E-state index in [-0.39, 0.29) is 11.8 Å². The molecule has 0 radical (unpaired) electrons. The SMILES string of the molecule is CN(Cc1cccc(C(F)(F)F)c1)[C@@H](CCc1ccccc1)CNC=O.O=CC/C=C/c1ccccc1O. The van der Waals surface area contributed by atoms with Gasteiger partial charge >= 0.3 is 6.18 Å². The van der Waals surface area contributed by atoms with Gasteiger partial charge in [-0.2, -0.15) is 13.2 Å². The lowest BCUT2D eigenvalue weighted by Crippen LogP contribution is -2.39. The minimum Gasteiger partial charge on any atom is -0.507 e. The van der Waals surface area contributed by atoms with Crippen LogP contribution < -0.4 is 5.32 Å². The Morgan fingerprint density at radius 1 is 0.947 bits per heavy atom. The summed E-state index contributed by atoms with van der Waals surface area (Å²) >= 11 is 0. The number of halogens is 3. The van der Waals surface area contributed by atoms with E-state index >= 15 is 0 Å². The number of aromatic hydroxyl groups is 1. The molecule has 8 heteroatoms. The predicted molar refractivity (Wildman–Crippen MR) is 143 cm³/mol. The number of carbonyl (C=O) groups is 2. The molecule has 0 aromatic heterocycles. The van der Waals surface area contributed by atoms with Gasteiger partial charge in [-0.25, -0.2) is 0 Å². The van der Waals surface area contributed by atoms with Crippen molar-refractivity contribution in [3.8, 4) is 5.75 Å². The minimum atomic E-state index is -4.35. The fraction of sp³-hybridized carbons (Fsp3) is 0.267. The molecule has 0 unspecified atom stereocenters. The number of hydrogen-bond donors (Lipinski definition) is 2. The Morgan fingerprint density at radius 3 is 2.29 bits per heavy atom. The predicted octanol–water partition coefficient (Wildman–Crippen LogP) is 5.88. The lowest BCUT2D eigenvalue weighted by molar-refractivity contribution is -0.137. The summed E-state index contributed by atoms with van der Waals surface area (Å²) in [7, 11) is 1.86. The van der Waals surface area contributed by atoms with Crippen molar-refractivity contribution in [3.05, 3.63) is 107 Å². The van der Waals surface area contributed by atoms with Crippen molar-refractivity contribution in [1.29, 1.82) is 0 Å². The van der Waals surface area contributed by atoms with E-state index in [1.54, 1.807) is 36.4 Å². The molecular formula is C30H33F3N2O3. The van der Waals surface area contributed by atoms with Crippen LogP contribution in [0, 0.1) is 0 Å². The van der Waals surface area contributed by atoms with Crippen LogP contribution in [-0.2, 0) is 28.7 Å². The number of phenolic OH excluding ortho intramolecular Hbond substituents is 1. The van der Waals surface area contributed by atoms with Crippen molar-refractivity contribution in [2.24, 2.45) is 0 Å². The summed E-state index contributed by atoms with van der Waals surface area (Å²) < 4.78 is 38.6. The van der Waals surface area contributed by atoms with Crippen molar-refractivity contribution in [2.45, 2.75) is 38.0 Å². The number of benzene rings is 3. The van der Waals surface area contributed by atoms with Gasteiger partial charge in [0.25, 0.3) is 0 Å². The van der Waals surface area contributed by atoms with Gasteiger partial charge in [0.1, 0.15) is 12.0 Å². The van der Waals surface area contributed by atoms with Crippen LogP contribution in [-0.4, -0.2) is 42.3 Å². The minimum absolute atomic E-state index is 0.0231. The first-order valence-electron chi connectivity index (χ1n) is 12.2. The van der Waals surface area contributed by atoms with Gasteiger partial charge in [-0.05, 0) is 43.1 Å². The molecule has 0 spiro atoms. The van der Waals surface area contributed by atoms with Crippen LogP contribution in [0.1, 0.15) is 35.1 Å². The number of aryl methyl sites for hydroxylation is 1. The molecule has 3 aromatic rings. The van der Waals surface area contributed by atoms with Crippen molar-refractivity contribution >= 4 is 18.8 Å². The topological polar surface area (TPSA) is 69.6 Å². The molecule has 0 fully saturated rings. The third kappa shape index (κ3) is 11.0. The Hall–Kier alpha value is -3.91. The first-order valence-corrected chi connectivity index (χ1v) is 12.2. The summed E-state index contributed by atoms with van der Waals surface area (Å²) in [6.45, 7) is 0.829. The zero-order chi connectivity index (χ0) is 27.8. The van der Waals surface area contributed by atoms with Crippen molar-refractivity contribution in [3.63, 3.8) is 0 Å². The van der Waals surface area contributed by atoms with Crippen LogP contribution in [0.3, 0.4) is 0 Å². The van der Waals surface area contributed by atoms with E-state index in [2.05, 4.69) is 5.32 Å². The quantitative estimate of drug-likeness (QED) is 0.289. The average molecular weight is 527 g/mol. The lowest BCUT2D eigenvalue weighted by Gasteiger charge is -2.28. The lowest BCUT2D eigenvalue weighted by atomic mass is 10.0. The molecule has 1 atom stereocenters. The second-order valence-corrected chi connectivity index (χ2v) is 8.68. The number of phenols is 1. The molecule has 3 aromatic carbocycles. The maximum absolute atomic E-state index is 12.9. The van der Waals surface area contributed by atoms with E-state index in [0.29, 0.717) is 31.5 Å². The number of nitrogens with one attached hydrogen (secondary N) is 1. The van der Waals surface area contributed by atoms with Crippen LogP contribution >= 0.6 is 0 Å². The number of amides is 1. The highest BCUT2D eigenvalue weighted by Crippen LogP contribution is 2.30. The molecular weight excluding hydrogens is 493 g/mol. The summed E-state index contributed by atoms with van der Waals surface area (Å²) in [5, 5.41) is 12.0. The van der Waals surface area contributed by atoms with Crippen LogP contribution in [0.25, 0.3) is 6.08 Å². The Kier molecular flexibility index (Phi) is 12.8. The number of nitrogens with zero attached hydrogens (tertiary/aromatic N) is 1. The van der Waals surface area contributed by atoms with Gasteiger partial charge in [-0.1, -0.05) is 78.9 Å². The highest BCUT2D eigenvalue weighted by molar-refractivity contribution is 5.61. The van der Waals surface area contributed by atoms with E-state index in [1.807, 2.05) is 48.3 Å². The number of rotatable bonds is 12. The number of alkyl halides is 3. The van der Waals surface area contributed by atoms with Gasteiger partial charge in [0.2, 0.25) is 6.41 Å². The molecule has 0 aliphatic carbocycles. The number of allylic oxidation sites excluding steroid dienone is 1. The van der Waals surface area contributed by atoms with Crippen LogP contribution in [0.2, 0.25) is 0 Å². The Labute approximate surface area is 221 Å². The molecule has 0 saturated carbocycles. The molecule has 0 bridgehead atoms. The third-order valence-electron chi connectivity index (χ3n) is 5.82. The van der Waals surface area contributed by atoms with Gasteiger partial charge in [-0.15, -0.1) is 0 Å². The Morgan fingerprint density at radius 2 is 1.63 bits per heavy atom. The average Bonchev–Trinajstić information content (AvgIpc) is 2.90. The molecule has 0 aliphatic rings. The monoisotopic (exact) mass is 526 g/mol. The van der Waals surface area contributed by atoms with E-state index in [0.717, 1.165) is 30.8 Å². The Bertz CT molecular complexity index is 1150. The second-order valence-electron chi connectivity index (χ2n) is 8.68. The molecule has 202 valence electrons. The molecule has 1 amide bonds. The van der Waals surface area contributed by atoms with Gasteiger partial charge in [0, 0.05) is 31.1 Å². The number of para-hydroxylation sites is 1. The summed E-state index contributed by atoms with van der Waals surface area (Å²) in [6.07, 6.45) is 2.56. The maximum atomic E-state index is 12.9. The van der Waals surface area contributed by atoms with Crippen LogP contribution in [0.4, 0.5) is 13.2 Å².